The van der Waals surface area contributed by atoms with Crippen LogP contribution in [0.15, 0.2) is 82.8 Å². The van der Waals surface area contributed by atoms with Gasteiger partial charge in [-0.2, -0.15) is 5.10 Å². The van der Waals surface area contributed by atoms with Crippen LogP contribution < -0.4 is 5.01 Å². The Kier molecular flexibility index (Phi) is 4.02. The van der Waals surface area contributed by atoms with Crippen molar-refractivity contribution in [3.8, 4) is 0 Å². The Morgan fingerprint density at radius 3 is 2.32 bits per heavy atom. The average molecular weight is 429 g/mol. The third kappa shape index (κ3) is 2.50. The lowest BCUT2D eigenvalue weighted by atomic mass is 9.98. The van der Waals surface area contributed by atoms with Gasteiger partial charge in [0.15, 0.2) is 9.84 Å². The van der Waals surface area contributed by atoms with Crippen LogP contribution in [0.25, 0.3) is 0 Å². The molecule has 0 fully saturated rings. The highest BCUT2D eigenvalue weighted by Crippen LogP contribution is 2.49. The first-order valence-electron chi connectivity index (χ1n) is 8.69. The Balaban J connectivity index is 1.75. The molecule has 2 atom stereocenters. The van der Waals surface area contributed by atoms with Crippen molar-refractivity contribution < 1.29 is 8.42 Å². The van der Waals surface area contributed by atoms with E-state index in [1.165, 1.54) is 0 Å². The first-order chi connectivity index (χ1) is 13.5. The van der Waals surface area contributed by atoms with E-state index < -0.39 is 21.1 Å². The van der Waals surface area contributed by atoms with Gasteiger partial charge in [0.1, 0.15) is 11.3 Å². The number of hydrogen-bond donors (Lipinski definition) is 0. The fourth-order valence-corrected chi connectivity index (χ4v) is 6.35. The molecular formula is C21H14Cl2N2O2S. The minimum atomic E-state index is -3.57. The molecule has 0 spiro atoms. The van der Waals surface area contributed by atoms with Crippen molar-refractivity contribution in [3.63, 3.8) is 0 Å². The van der Waals surface area contributed by atoms with Crippen LogP contribution in [0.3, 0.4) is 0 Å². The molecule has 2 aliphatic rings. The highest BCUT2D eigenvalue weighted by Gasteiger charge is 2.54. The molecule has 0 saturated heterocycles. The molecule has 0 amide bonds. The van der Waals surface area contributed by atoms with Crippen LogP contribution in [-0.2, 0) is 9.84 Å². The molecule has 28 heavy (non-hydrogen) atoms. The van der Waals surface area contributed by atoms with Gasteiger partial charge in [-0.3, -0.25) is 5.01 Å². The zero-order valence-corrected chi connectivity index (χ0v) is 16.8. The monoisotopic (exact) mass is 428 g/mol. The van der Waals surface area contributed by atoms with Gasteiger partial charge in [-0.15, -0.1) is 0 Å². The van der Waals surface area contributed by atoms with Crippen molar-refractivity contribution >= 4 is 44.4 Å². The summed E-state index contributed by atoms with van der Waals surface area (Å²) in [6, 6.07) is 21.3. The zero-order valence-electron chi connectivity index (χ0n) is 14.5. The lowest BCUT2D eigenvalue weighted by molar-refractivity contribution is 0.591. The lowest BCUT2D eigenvalue weighted by Gasteiger charge is -2.23. The van der Waals surface area contributed by atoms with Crippen LogP contribution in [0, 0.1) is 0 Å². The van der Waals surface area contributed by atoms with Gasteiger partial charge < -0.3 is 0 Å². The van der Waals surface area contributed by atoms with Crippen molar-refractivity contribution in [1.82, 2.24) is 0 Å². The molecule has 0 N–H and O–H groups in total. The summed E-state index contributed by atoms with van der Waals surface area (Å²) in [5.41, 5.74) is 2.76. The number of anilines is 1. The molecule has 140 valence electrons. The van der Waals surface area contributed by atoms with Crippen molar-refractivity contribution in [2.24, 2.45) is 5.10 Å². The fourth-order valence-electron chi connectivity index (χ4n) is 3.92. The van der Waals surface area contributed by atoms with E-state index >= 15 is 0 Å². The minimum absolute atomic E-state index is 0.360. The Morgan fingerprint density at radius 1 is 0.857 bits per heavy atom. The second-order valence-corrected chi connectivity index (χ2v) is 9.59. The molecule has 5 rings (SSSR count). The second-order valence-electron chi connectivity index (χ2n) is 6.74. The van der Waals surface area contributed by atoms with Gasteiger partial charge in [0.05, 0.1) is 26.3 Å². The third-order valence-corrected chi connectivity index (χ3v) is 8.02. The van der Waals surface area contributed by atoms with Gasteiger partial charge in [0.25, 0.3) is 0 Å². The Bertz CT molecular complexity index is 1230. The normalized spacial score (nSPS) is 21.9. The Hall–Kier alpha value is -2.34. The van der Waals surface area contributed by atoms with Crippen LogP contribution >= 0.6 is 23.2 Å². The lowest BCUT2D eigenvalue weighted by Crippen LogP contribution is -2.30. The number of hydrazone groups is 1. The maximum atomic E-state index is 13.4. The van der Waals surface area contributed by atoms with Crippen LogP contribution in [0.1, 0.15) is 17.2 Å². The van der Waals surface area contributed by atoms with Crippen molar-refractivity contribution in [2.45, 2.75) is 16.2 Å². The number of rotatable bonds is 2. The number of fused-ring (bicyclic) bond motifs is 3. The van der Waals surface area contributed by atoms with Crippen LogP contribution in [-0.4, -0.2) is 19.4 Å². The van der Waals surface area contributed by atoms with Gasteiger partial charge >= 0.3 is 0 Å². The van der Waals surface area contributed by atoms with Gasteiger partial charge in [-0.1, -0.05) is 71.7 Å². The second kappa shape index (κ2) is 6.34. The average Bonchev–Trinajstić information content (AvgIpc) is 3.21. The van der Waals surface area contributed by atoms with E-state index in [9.17, 15) is 8.42 Å². The molecule has 2 heterocycles. The maximum absolute atomic E-state index is 13.4. The predicted molar refractivity (Wildman–Crippen MR) is 112 cm³/mol. The number of benzene rings is 3. The van der Waals surface area contributed by atoms with E-state index in [1.54, 1.807) is 35.3 Å². The largest absolute Gasteiger partial charge is 0.256 e. The van der Waals surface area contributed by atoms with E-state index in [2.05, 4.69) is 0 Å². The molecule has 0 aromatic heterocycles. The molecule has 2 aliphatic heterocycles. The van der Waals surface area contributed by atoms with Gasteiger partial charge in [0, 0.05) is 0 Å². The molecule has 3 aromatic rings. The highest BCUT2D eigenvalue weighted by molar-refractivity contribution is 7.93. The SMILES string of the molecule is O=S1(=O)c2ccccc2C2C1C(c1ccccc1)=NN2c1ccc(Cl)c(Cl)c1. The van der Waals surface area contributed by atoms with Crippen molar-refractivity contribution in [2.75, 3.05) is 5.01 Å². The maximum Gasteiger partial charge on any atom is 0.189 e. The molecule has 0 saturated carbocycles. The summed E-state index contributed by atoms with van der Waals surface area (Å²) in [4.78, 5) is 0.360. The van der Waals surface area contributed by atoms with Crippen LogP contribution in [0.4, 0.5) is 5.69 Å². The smallest absolute Gasteiger partial charge is 0.189 e. The van der Waals surface area contributed by atoms with Crippen LogP contribution in [0.2, 0.25) is 10.0 Å². The third-order valence-electron chi connectivity index (χ3n) is 5.15. The summed E-state index contributed by atoms with van der Waals surface area (Å²) in [5.74, 6) is 0. The predicted octanol–water partition coefficient (Wildman–Crippen LogP) is 5.11. The number of hydrogen-bond acceptors (Lipinski definition) is 4. The van der Waals surface area contributed by atoms with E-state index in [-0.39, 0.29) is 0 Å². The molecule has 4 nitrogen and oxygen atoms in total. The summed E-state index contributed by atoms with van der Waals surface area (Å²) in [6.07, 6.45) is 0. The van der Waals surface area contributed by atoms with Crippen LogP contribution in [0.5, 0.6) is 0 Å². The Morgan fingerprint density at radius 2 is 1.57 bits per heavy atom. The van der Waals surface area contributed by atoms with E-state index in [0.29, 0.717) is 26.3 Å². The number of halogens is 2. The molecule has 3 aromatic carbocycles. The summed E-state index contributed by atoms with van der Waals surface area (Å²) in [6.45, 7) is 0. The van der Waals surface area contributed by atoms with Gasteiger partial charge in [-0.25, -0.2) is 8.42 Å². The highest BCUT2D eigenvalue weighted by atomic mass is 35.5. The van der Waals surface area contributed by atoms with Crippen molar-refractivity contribution in [1.29, 1.82) is 0 Å². The zero-order chi connectivity index (χ0) is 19.5. The summed E-state index contributed by atoms with van der Waals surface area (Å²) < 4.78 is 26.8. The molecule has 0 aliphatic carbocycles. The molecule has 7 heteroatoms. The van der Waals surface area contributed by atoms with Gasteiger partial charge in [-0.05, 0) is 35.4 Å². The fraction of sp³-hybridized carbons (Fsp3) is 0.0952. The first kappa shape index (κ1) is 17.7. The summed E-state index contributed by atoms with van der Waals surface area (Å²) >= 11 is 12.3. The number of nitrogens with zero attached hydrogens (tertiary/aromatic N) is 2. The minimum Gasteiger partial charge on any atom is -0.256 e. The van der Waals surface area contributed by atoms with E-state index in [1.807, 2.05) is 42.5 Å². The number of sulfone groups is 1. The quantitative estimate of drug-likeness (QED) is 0.569. The summed E-state index contributed by atoms with van der Waals surface area (Å²) in [7, 11) is -3.57. The Labute approximate surface area is 172 Å². The topological polar surface area (TPSA) is 49.7 Å². The molecule has 2 unspecified atom stereocenters. The van der Waals surface area contributed by atoms with Gasteiger partial charge in [0.2, 0.25) is 0 Å². The standard InChI is InChI=1S/C21H14Cl2N2O2S/c22-16-11-10-14(12-17(16)23)25-20-15-8-4-5-9-18(15)28(26,27)21(20)19(24-25)13-6-2-1-3-7-13/h1-12,20-21H. The molecular weight excluding hydrogens is 415 g/mol. The first-order valence-corrected chi connectivity index (χ1v) is 11.0. The summed E-state index contributed by atoms with van der Waals surface area (Å²) in [5, 5.41) is 6.55. The molecule has 0 radical (unpaired) electrons. The van der Waals surface area contributed by atoms with E-state index in [4.69, 9.17) is 28.3 Å². The molecule has 0 bridgehead atoms. The van der Waals surface area contributed by atoms with Crippen molar-refractivity contribution in [3.05, 3.63) is 94.0 Å². The van der Waals surface area contributed by atoms with E-state index in [0.717, 1.165) is 11.1 Å².